The zero-order chi connectivity index (χ0) is 20.4. The van der Waals surface area contributed by atoms with Crippen LogP contribution >= 0.6 is 0 Å². The van der Waals surface area contributed by atoms with Gasteiger partial charge in [-0.15, -0.1) is 0 Å². The summed E-state index contributed by atoms with van der Waals surface area (Å²) in [5, 5.41) is 0. The van der Waals surface area contributed by atoms with Crippen LogP contribution in [0.25, 0.3) is 0 Å². The fraction of sp³-hybridized carbons (Fsp3) is 0. The van der Waals surface area contributed by atoms with Gasteiger partial charge in [0.05, 0.1) is 0 Å². The molecule has 0 aromatic heterocycles. The minimum absolute atomic E-state index is 0.270. The third-order valence-corrected chi connectivity index (χ3v) is 18.8. The number of halogens is 4. The first-order valence-electron chi connectivity index (χ1n) is 9.07. The molecule has 4 rings (SSSR count). The van der Waals surface area contributed by atoms with Crippen molar-refractivity contribution in [2.75, 3.05) is 0 Å². The molecule has 0 N–H and O–H groups in total. The van der Waals surface area contributed by atoms with Crippen LogP contribution in [0.2, 0.25) is 0 Å². The molecule has 0 spiro atoms. The molecule has 5 heteroatoms. The van der Waals surface area contributed by atoms with Gasteiger partial charge in [0.2, 0.25) is 0 Å². The first-order valence-corrected chi connectivity index (χ1v) is 14.8. The fourth-order valence-electron chi connectivity index (χ4n) is 3.90. The summed E-state index contributed by atoms with van der Waals surface area (Å²) >= 11 is -4.75. The normalized spacial score (nSPS) is 11.4. The van der Waals surface area contributed by atoms with Gasteiger partial charge in [0, 0.05) is 0 Å². The summed E-state index contributed by atoms with van der Waals surface area (Å²) in [6.07, 6.45) is 0. The van der Waals surface area contributed by atoms with Gasteiger partial charge in [-0.25, -0.2) is 0 Å². The van der Waals surface area contributed by atoms with E-state index in [2.05, 4.69) is 0 Å². The van der Waals surface area contributed by atoms with Crippen molar-refractivity contribution in [1.29, 1.82) is 0 Å². The van der Waals surface area contributed by atoms with Crippen LogP contribution in [0.1, 0.15) is 0 Å². The zero-order valence-electron chi connectivity index (χ0n) is 15.2. The van der Waals surface area contributed by atoms with E-state index in [9.17, 15) is 8.78 Å². The Morgan fingerprint density at radius 1 is 0.448 bits per heavy atom. The first-order chi connectivity index (χ1) is 14.1. The Morgan fingerprint density at radius 2 is 0.759 bits per heavy atom. The number of rotatable bonds is 4. The van der Waals surface area contributed by atoms with Crippen LogP contribution in [0.4, 0.5) is 17.6 Å². The quantitative estimate of drug-likeness (QED) is 0.229. The molecule has 0 nitrogen and oxygen atoms in total. The first kappa shape index (κ1) is 19.7. The monoisotopic (exact) mass is 500 g/mol. The van der Waals surface area contributed by atoms with Crippen LogP contribution in [-0.2, 0) is 0 Å². The zero-order valence-corrected chi connectivity index (χ0v) is 18.1. The summed E-state index contributed by atoms with van der Waals surface area (Å²) in [6.45, 7) is 0. The Labute approximate surface area is 170 Å². The molecule has 0 bridgehead atoms. The molecule has 0 radical (unpaired) electrons. The molecule has 0 fully saturated rings. The van der Waals surface area contributed by atoms with Crippen molar-refractivity contribution < 1.29 is 17.6 Å². The predicted molar refractivity (Wildman–Crippen MR) is 110 cm³/mol. The number of hydrogen-bond acceptors (Lipinski definition) is 0. The molecule has 144 valence electrons. The van der Waals surface area contributed by atoms with E-state index >= 15 is 8.78 Å². The average Bonchev–Trinajstić information content (AvgIpc) is 2.77. The van der Waals surface area contributed by atoms with Crippen molar-refractivity contribution in [3.8, 4) is 0 Å². The van der Waals surface area contributed by atoms with Gasteiger partial charge in [0.15, 0.2) is 0 Å². The van der Waals surface area contributed by atoms with Crippen LogP contribution in [0.3, 0.4) is 0 Å². The van der Waals surface area contributed by atoms with Crippen molar-refractivity contribution in [2.24, 2.45) is 0 Å². The Hall–Kier alpha value is -2.60. The van der Waals surface area contributed by atoms with Crippen molar-refractivity contribution in [2.45, 2.75) is 0 Å². The summed E-state index contributed by atoms with van der Waals surface area (Å²) in [5.41, 5.74) is 0. The second-order valence-corrected chi connectivity index (χ2v) is 17.3. The van der Waals surface area contributed by atoms with E-state index in [-0.39, 0.29) is 6.07 Å². The van der Waals surface area contributed by atoms with Gasteiger partial charge in [0.25, 0.3) is 0 Å². The maximum atomic E-state index is 15.3. The molecule has 0 amide bonds. The van der Waals surface area contributed by atoms with Crippen LogP contribution in [0.15, 0.2) is 97.1 Å². The summed E-state index contributed by atoms with van der Waals surface area (Å²) < 4.78 is 60.8. The summed E-state index contributed by atoms with van der Waals surface area (Å²) in [5.74, 6) is -5.42. The van der Waals surface area contributed by atoms with Crippen molar-refractivity contribution in [3.05, 3.63) is 120 Å². The molecule has 0 aliphatic carbocycles. The van der Waals surface area contributed by atoms with E-state index in [1.165, 1.54) is 0 Å². The van der Waals surface area contributed by atoms with E-state index in [0.29, 0.717) is 10.7 Å². The van der Waals surface area contributed by atoms with Gasteiger partial charge >= 0.3 is 171 Å². The van der Waals surface area contributed by atoms with E-state index in [1.54, 1.807) is 91.0 Å². The number of benzene rings is 4. The van der Waals surface area contributed by atoms with Crippen LogP contribution in [0, 0.1) is 23.3 Å². The Kier molecular flexibility index (Phi) is 5.45. The van der Waals surface area contributed by atoms with Crippen LogP contribution < -0.4 is 14.3 Å². The van der Waals surface area contributed by atoms with Gasteiger partial charge in [-0.2, -0.15) is 0 Å². The van der Waals surface area contributed by atoms with Gasteiger partial charge in [-0.3, -0.25) is 0 Å². The Morgan fingerprint density at radius 3 is 1.07 bits per heavy atom. The Bertz CT molecular complexity index is 1010. The maximum absolute atomic E-state index is 15.3. The van der Waals surface area contributed by atoms with Gasteiger partial charge in [0.1, 0.15) is 0 Å². The minimum atomic E-state index is -4.75. The second-order valence-electron chi connectivity index (χ2n) is 6.69. The van der Waals surface area contributed by atoms with Gasteiger partial charge < -0.3 is 0 Å². The third kappa shape index (κ3) is 3.25. The summed E-state index contributed by atoms with van der Waals surface area (Å²) in [7, 11) is 0. The van der Waals surface area contributed by atoms with Gasteiger partial charge in [-0.05, 0) is 0 Å². The molecule has 29 heavy (non-hydrogen) atoms. The van der Waals surface area contributed by atoms with Crippen molar-refractivity contribution >= 4 is 32.7 Å². The molecule has 0 saturated carbocycles. The summed E-state index contributed by atoms with van der Waals surface area (Å²) in [6, 6.07) is 27.1. The summed E-state index contributed by atoms with van der Waals surface area (Å²) in [4.78, 5) is 0. The SMILES string of the molecule is Fc1cc(F)c(F)[c]([Sn]([c]2ccccc2)([c]2ccccc2)[c]2ccccc2)c1F. The van der Waals surface area contributed by atoms with Crippen LogP contribution in [0.5, 0.6) is 0 Å². The molecule has 0 aliphatic heterocycles. The second kappa shape index (κ2) is 8.03. The third-order valence-electron chi connectivity index (χ3n) is 5.11. The van der Waals surface area contributed by atoms with Crippen LogP contribution in [-0.4, -0.2) is 18.4 Å². The fourth-order valence-corrected chi connectivity index (χ4v) is 17.7. The van der Waals surface area contributed by atoms with E-state index < -0.39 is 45.2 Å². The molecular weight excluding hydrogens is 483 g/mol. The topological polar surface area (TPSA) is 0 Å². The van der Waals surface area contributed by atoms with Gasteiger partial charge in [-0.1, -0.05) is 0 Å². The van der Waals surface area contributed by atoms with E-state index in [4.69, 9.17) is 0 Å². The number of hydrogen-bond donors (Lipinski definition) is 0. The predicted octanol–water partition coefficient (Wildman–Crippen LogP) is 3.62. The molecular formula is C24H16F4Sn. The molecule has 4 aromatic rings. The average molecular weight is 499 g/mol. The standard InChI is InChI=1S/C6HF4.3C6H5.Sn/c7-3-1-4(8)6(10)2-5(3)9;3*1-2-4-6-5-3-1;/h1H;3*1-5H;. The molecule has 0 heterocycles. The molecule has 0 unspecified atom stereocenters. The Balaban J connectivity index is 2.26. The van der Waals surface area contributed by atoms with E-state index in [1.807, 2.05) is 0 Å². The van der Waals surface area contributed by atoms with Crippen molar-refractivity contribution in [1.82, 2.24) is 0 Å². The molecule has 4 aromatic carbocycles. The van der Waals surface area contributed by atoms with Crippen molar-refractivity contribution in [3.63, 3.8) is 0 Å². The molecule has 0 saturated heterocycles. The molecule has 0 aliphatic rings. The van der Waals surface area contributed by atoms with E-state index in [0.717, 1.165) is 0 Å². The molecule has 0 atom stereocenters.